The van der Waals surface area contributed by atoms with Crippen LogP contribution < -0.4 is 0 Å². The maximum atomic E-state index is 13.2. The third-order valence-electron chi connectivity index (χ3n) is 4.62. The lowest BCUT2D eigenvalue weighted by Crippen LogP contribution is -2.34. The first kappa shape index (κ1) is 18.7. The van der Waals surface area contributed by atoms with E-state index < -0.39 is 0 Å². The second kappa shape index (κ2) is 8.54. The van der Waals surface area contributed by atoms with Crippen molar-refractivity contribution < 1.29 is 4.79 Å². The number of nitrogens with zero attached hydrogens (tertiary/aromatic N) is 4. The van der Waals surface area contributed by atoms with Gasteiger partial charge in [-0.05, 0) is 32.3 Å². The Balaban J connectivity index is 1.93. The van der Waals surface area contributed by atoms with Crippen LogP contribution >= 0.6 is 11.8 Å². The molecule has 2 aromatic rings. The van der Waals surface area contributed by atoms with E-state index in [1.54, 1.807) is 0 Å². The quantitative estimate of drug-likeness (QED) is 0.494. The summed E-state index contributed by atoms with van der Waals surface area (Å²) in [6.07, 6.45) is 4.20. The number of aromatic nitrogens is 3. The summed E-state index contributed by atoms with van der Waals surface area (Å²) < 4.78 is 2.11. The Hall–Kier alpha value is -2.08. The number of thioether (sulfide) groups is 1. The number of hydrogen-bond acceptors (Lipinski definition) is 4. The van der Waals surface area contributed by atoms with Crippen LogP contribution in [0.2, 0.25) is 0 Å². The second-order valence-electron chi connectivity index (χ2n) is 6.43. The van der Waals surface area contributed by atoms with E-state index in [1.165, 1.54) is 24.6 Å². The highest BCUT2D eigenvalue weighted by Gasteiger charge is 2.32. The molecule has 3 rings (SSSR count). The molecule has 0 radical (unpaired) electrons. The zero-order chi connectivity index (χ0) is 18.5. The molecule has 0 spiro atoms. The Morgan fingerprint density at radius 2 is 2.00 bits per heavy atom. The van der Waals surface area contributed by atoms with Crippen LogP contribution in [0.5, 0.6) is 0 Å². The van der Waals surface area contributed by atoms with Gasteiger partial charge in [0.2, 0.25) is 5.91 Å². The van der Waals surface area contributed by atoms with E-state index in [-0.39, 0.29) is 11.2 Å². The molecule has 1 aliphatic carbocycles. The third kappa shape index (κ3) is 4.01. The molecule has 1 amide bonds. The zero-order valence-corrected chi connectivity index (χ0v) is 16.3. The van der Waals surface area contributed by atoms with Gasteiger partial charge in [-0.15, -0.1) is 16.8 Å². The number of amides is 1. The van der Waals surface area contributed by atoms with Crippen molar-refractivity contribution in [1.82, 2.24) is 19.7 Å². The molecule has 0 saturated heterocycles. The molecular weight excluding hydrogens is 344 g/mol. The zero-order valence-electron chi connectivity index (χ0n) is 15.5. The molecule has 1 aromatic carbocycles. The monoisotopic (exact) mass is 370 g/mol. The first-order chi connectivity index (χ1) is 12.7. The van der Waals surface area contributed by atoms with E-state index in [9.17, 15) is 4.79 Å². The van der Waals surface area contributed by atoms with Crippen LogP contribution in [0.15, 0.2) is 48.1 Å². The first-order valence-corrected chi connectivity index (χ1v) is 10.1. The highest BCUT2D eigenvalue weighted by molar-refractivity contribution is 8.00. The minimum absolute atomic E-state index is 0.118. The van der Waals surface area contributed by atoms with Crippen molar-refractivity contribution in [2.75, 3.05) is 13.1 Å². The van der Waals surface area contributed by atoms with Crippen molar-refractivity contribution in [2.45, 2.75) is 49.6 Å². The summed E-state index contributed by atoms with van der Waals surface area (Å²) in [7, 11) is 0. The van der Waals surface area contributed by atoms with Crippen molar-refractivity contribution in [1.29, 1.82) is 0 Å². The Kier molecular flexibility index (Phi) is 6.14. The summed E-state index contributed by atoms with van der Waals surface area (Å²) in [5, 5.41) is 9.29. The molecule has 26 heavy (non-hydrogen) atoms. The highest BCUT2D eigenvalue weighted by atomic mass is 32.2. The predicted octanol–water partition coefficient (Wildman–Crippen LogP) is 4.04. The summed E-state index contributed by atoms with van der Waals surface area (Å²) in [5.74, 6) is 1.65. The van der Waals surface area contributed by atoms with Gasteiger partial charge in [-0.1, -0.05) is 48.2 Å². The van der Waals surface area contributed by atoms with Gasteiger partial charge in [0.15, 0.2) is 5.16 Å². The van der Waals surface area contributed by atoms with E-state index in [2.05, 4.69) is 21.3 Å². The maximum Gasteiger partial charge on any atom is 0.240 e. The number of allylic oxidation sites excluding steroid dienone is 1. The van der Waals surface area contributed by atoms with Gasteiger partial charge in [0.25, 0.3) is 0 Å². The third-order valence-corrected chi connectivity index (χ3v) is 5.85. The van der Waals surface area contributed by atoms with Gasteiger partial charge < -0.3 is 9.47 Å². The Morgan fingerprint density at radius 3 is 2.58 bits per heavy atom. The van der Waals surface area contributed by atoms with Crippen LogP contribution in [-0.4, -0.2) is 38.7 Å². The fraction of sp³-hybridized carbons (Fsp3) is 0.450. The van der Waals surface area contributed by atoms with Gasteiger partial charge in [0.05, 0.1) is 0 Å². The predicted molar refractivity (Wildman–Crippen MR) is 105 cm³/mol. The van der Waals surface area contributed by atoms with Crippen LogP contribution in [0.4, 0.5) is 0 Å². The highest BCUT2D eigenvalue weighted by Crippen LogP contribution is 2.42. The normalized spacial score (nSPS) is 14.8. The average molecular weight is 371 g/mol. The van der Waals surface area contributed by atoms with E-state index in [0.717, 1.165) is 16.5 Å². The molecule has 138 valence electrons. The van der Waals surface area contributed by atoms with E-state index in [4.69, 9.17) is 0 Å². The standard InChI is InChI=1S/C20H26N4OS/c1-4-14-24-18(16-12-13-16)21-22-20(24)26-17(15-10-8-7-9-11-15)19(25)23(5-2)6-3/h4,7-11,16-17H,1,5-6,12-14H2,2-3H3. The number of likely N-dealkylation sites (N-methyl/N-ethyl adjacent to an activating group) is 1. The maximum absolute atomic E-state index is 13.2. The summed E-state index contributed by atoms with van der Waals surface area (Å²) in [4.78, 5) is 15.0. The lowest BCUT2D eigenvalue weighted by molar-refractivity contribution is -0.130. The molecule has 0 aliphatic heterocycles. The van der Waals surface area contributed by atoms with Crippen molar-refractivity contribution in [3.05, 3.63) is 54.4 Å². The summed E-state index contributed by atoms with van der Waals surface area (Å²) >= 11 is 1.49. The smallest absolute Gasteiger partial charge is 0.240 e. The number of carbonyl (C=O) groups is 1. The Morgan fingerprint density at radius 1 is 1.31 bits per heavy atom. The van der Waals surface area contributed by atoms with E-state index in [0.29, 0.717) is 25.6 Å². The molecule has 1 atom stereocenters. The first-order valence-electron chi connectivity index (χ1n) is 9.23. The van der Waals surface area contributed by atoms with Crippen LogP contribution in [-0.2, 0) is 11.3 Å². The summed E-state index contributed by atoms with van der Waals surface area (Å²) in [6, 6.07) is 9.94. The topological polar surface area (TPSA) is 51.0 Å². The number of benzene rings is 1. The minimum atomic E-state index is -0.323. The van der Waals surface area contributed by atoms with Crippen molar-refractivity contribution in [3.8, 4) is 0 Å². The van der Waals surface area contributed by atoms with Gasteiger partial charge in [0.1, 0.15) is 11.1 Å². The number of hydrogen-bond donors (Lipinski definition) is 0. The molecule has 0 N–H and O–H groups in total. The number of rotatable bonds is 9. The fourth-order valence-corrected chi connectivity index (χ4v) is 4.16. The molecule has 1 unspecified atom stereocenters. The molecule has 1 heterocycles. The molecular formula is C20H26N4OS. The number of carbonyl (C=O) groups excluding carboxylic acids is 1. The molecule has 6 heteroatoms. The molecule has 1 aliphatic rings. The average Bonchev–Trinajstić information content (AvgIpc) is 3.44. The molecule has 1 aromatic heterocycles. The Labute approximate surface area is 159 Å². The van der Waals surface area contributed by atoms with Gasteiger partial charge in [-0.25, -0.2) is 0 Å². The summed E-state index contributed by atoms with van der Waals surface area (Å²) in [6.45, 7) is 9.96. The second-order valence-corrected chi connectivity index (χ2v) is 7.51. The summed E-state index contributed by atoms with van der Waals surface area (Å²) in [5.41, 5.74) is 0.996. The lowest BCUT2D eigenvalue weighted by Gasteiger charge is -2.25. The SMILES string of the molecule is C=CCn1c(SC(C(=O)N(CC)CC)c2ccccc2)nnc1C1CC1. The largest absolute Gasteiger partial charge is 0.342 e. The van der Waals surface area contributed by atoms with Gasteiger partial charge in [0, 0.05) is 25.6 Å². The Bertz CT molecular complexity index is 750. The van der Waals surface area contributed by atoms with Crippen LogP contribution in [0, 0.1) is 0 Å². The molecule has 5 nitrogen and oxygen atoms in total. The van der Waals surface area contributed by atoms with Gasteiger partial charge in [-0.3, -0.25) is 4.79 Å². The minimum Gasteiger partial charge on any atom is -0.342 e. The van der Waals surface area contributed by atoms with E-state index >= 15 is 0 Å². The van der Waals surface area contributed by atoms with Crippen molar-refractivity contribution >= 4 is 17.7 Å². The van der Waals surface area contributed by atoms with E-state index in [1.807, 2.05) is 55.2 Å². The molecule has 1 saturated carbocycles. The van der Waals surface area contributed by atoms with Gasteiger partial charge in [-0.2, -0.15) is 0 Å². The van der Waals surface area contributed by atoms with Crippen LogP contribution in [0.1, 0.15) is 49.2 Å². The lowest BCUT2D eigenvalue weighted by atomic mass is 10.1. The molecule has 0 bridgehead atoms. The fourth-order valence-electron chi connectivity index (χ4n) is 3.03. The van der Waals surface area contributed by atoms with Crippen LogP contribution in [0.25, 0.3) is 0 Å². The van der Waals surface area contributed by atoms with Crippen LogP contribution in [0.3, 0.4) is 0 Å². The van der Waals surface area contributed by atoms with Gasteiger partial charge >= 0.3 is 0 Å². The van der Waals surface area contributed by atoms with Crippen molar-refractivity contribution in [2.24, 2.45) is 0 Å². The van der Waals surface area contributed by atoms with Crippen molar-refractivity contribution in [3.63, 3.8) is 0 Å². The molecule has 1 fully saturated rings.